The highest BCUT2D eigenvalue weighted by molar-refractivity contribution is 5.89. The van der Waals surface area contributed by atoms with Gasteiger partial charge in [0.05, 0.1) is 18.8 Å². The van der Waals surface area contributed by atoms with E-state index in [2.05, 4.69) is 15.8 Å². The first-order valence-corrected chi connectivity index (χ1v) is 6.75. The Labute approximate surface area is 119 Å². The zero-order valence-corrected chi connectivity index (χ0v) is 11.7. The predicted octanol–water partition coefficient (Wildman–Crippen LogP) is 0.357. The number of esters is 1. The maximum absolute atomic E-state index is 11.8. The van der Waals surface area contributed by atoms with Gasteiger partial charge in [0.15, 0.2) is 6.73 Å². The average molecular weight is 279 g/mol. The number of nitrogens with one attached hydrogen (secondary N) is 2. The third kappa shape index (κ3) is 4.57. The lowest BCUT2D eigenvalue weighted by Crippen LogP contribution is -2.35. The zero-order valence-electron chi connectivity index (χ0n) is 11.7. The molecule has 110 valence electrons. The van der Waals surface area contributed by atoms with Crippen LogP contribution in [0.25, 0.3) is 0 Å². The fourth-order valence-electron chi connectivity index (χ4n) is 2.07. The van der Waals surface area contributed by atoms with E-state index in [4.69, 9.17) is 9.47 Å². The lowest BCUT2D eigenvalue weighted by atomic mass is 10.1. The first-order chi connectivity index (χ1) is 9.79. The molecule has 0 saturated carbocycles. The van der Waals surface area contributed by atoms with Gasteiger partial charge in [-0.3, -0.25) is 10.3 Å². The summed E-state index contributed by atoms with van der Waals surface area (Å²) in [5.74, 6) is -0.323. The fourth-order valence-corrected chi connectivity index (χ4v) is 2.07. The van der Waals surface area contributed by atoms with Gasteiger partial charge in [0, 0.05) is 19.6 Å². The van der Waals surface area contributed by atoms with Crippen LogP contribution in [0.3, 0.4) is 0 Å². The molecule has 0 unspecified atom stereocenters. The van der Waals surface area contributed by atoms with E-state index in [0.29, 0.717) is 5.56 Å². The molecule has 0 spiro atoms. The molecule has 1 aliphatic heterocycles. The lowest BCUT2D eigenvalue weighted by molar-refractivity contribution is 0.0340. The van der Waals surface area contributed by atoms with E-state index in [1.54, 1.807) is 13.1 Å². The van der Waals surface area contributed by atoms with Crippen LogP contribution in [0.4, 0.5) is 0 Å². The summed E-state index contributed by atoms with van der Waals surface area (Å²) in [6, 6.07) is 7.57. The number of carbonyl (C=O) groups excluding carboxylic acids is 1. The van der Waals surface area contributed by atoms with Crippen molar-refractivity contribution in [2.24, 2.45) is 0 Å². The van der Waals surface area contributed by atoms with E-state index in [1.807, 2.05) is 18.2 Å². The molecule has 2 rings (SSSR count). The van der Waals surface area contributed by atoms with Crippen LogP contribution in [0.2, 0.25) is 0 Å². The number of carbonyl (C=O) groups is 1. The Morgan fingerprint density at radius 3 is 2.95 bits per heavy atom. The molecule has 0 atom stereocenters. The van der Waals surface area contributed by atoms with Gasteiger partial charge in [0.2, 0.25) is 0 Å². The van der Waals surface area contributed by atoms with E-state index in [9.17, 15) is 4.79 Å². The van der Waals surface area contributed by atoms with Gasteiger partial charge >= 0.3 is 5.97 Å². The molecule has 0 bridgehead atoms. The van der Waals surface area contributed by atoms with E-state index in [0.717, 1.165) is 38.4 Å². The van der Waals surface area contributed by atoms with Gasteiger partial charge in [-0.1, -0.05) is 12.1 Å². The molecule has 0 amide bonds. The van der Waals surface area contributed by atoms with E-state index in [1.165, 1.54) is 0 Å². The molecule has 6 heteroatoms. The van der Waals surface area contributed by atoms with Crippen molar-refractivity contribution in [3.8, 4) is 0 Å². The third-order valence-electron chi connectivity index (χ3n) is 3.12. The van der Waals surface area contributed by atoms with E-state index < -0.39 is 0 Å². The second kappa shape index (κ2) is 7.96. The van der Waals surface area contributed by atoms with Crippen molar-refractivity contribution >= 4 is 5.97 Å². The molecule has 1 fully saturated rings. The van der Waals surface area contributed by atoms with Crippen LogP contribution in [-0.4, -0.2) is 51.0 Å². The van der Waals surface area contributed by atoms with Crippen molar-refractivity contribution in [2.45, 2.75) is 6.54 Å². The lowest BCUT2D eigenvalue weighted by Gasteiger charge is -2.26. The average Bonchev–Trinajstić information content (AvgIpc) is 2.49. The first-order valence-electron chi connectivity index (χ1n) is 6.75. The van der Waals surface area contributed by atoms with Crippen LogP contribution in [0.15, 0.2) is 24.3 Å². The molecule has 1 heterocycles. The highest BCUT2D eigenvalue weighted by atomic mass is 16.5. The molecule has 1 saturated heterocycles. The van der Waals surface area contributed by atoms with Crippen LogP contribution < -0.4 is 10.9 Å². The number of hydrogen-bond donors (Lipinski definition) is 2. The van der Waals surface area contributed by atoms with Crippen molar-refractivity contribution in [1.82, 2.24) is 15.8 Å². The Kier molecular flexibility index (Phi) is 5.94. The monoisotopic (exact) mass is 279 g/mol. The van der Waals surface area contributed by atoms with Crippen molar-refractivity contribution in [1.29, 1.82) is 0 Å². The number of hydrogen-bond acceptors (Lipinski definition) is 6. The van der Waals surface area contributed by atoms with E-state index in [-0.39, 0.29) is 12.7 Å². The second-order valence-electron chi connectivity index (χ2n) is 4.59. The predicted molar refractivity (Wildman–Crippen MR) is 75.0 cm³/mol. The molecule has 1 aromatic carbocycles. The number of hydrazine groups is 1. The minimum absolute atomic E-state index is 0.142. The van der Waals surface area contributed by atoms with Gasteiger partial charge in [-0.25, -0.2) is 10.2 Å². The van der Waals surface area contributed by atoms with Crippen molar-refractivity contribution in [3.05, 3.63) is 35.4 Å². The Morgan fingerprint density at radius 2 is 2.20 bits per heavy atom. The molecule has 1 aromatic rings. The highest BCUT2D eigenvalue weighted by Crippen LogP contribution is 2.10. The summed E-state index contributed by atoms with van der Waals surface area (Å²) in [4.78, 5) is 14.2. The van der Waals surface area contributed by atoms with Gasteiger partial charge in [0.1, 0.15) is 0 Å². The fraction of sp³-hybridized carbons (Fsp3) is 0.500. The molecule has 20 heavy (non-hydrogen) atoms. The second-order valence-corrected chi connectivity index (χ2v) is 4.59. The minimum atomic E-state index is -0.323. The van der Waals surface area contributed by atoms with Crippen molar-refractivity contribution in [2.75, 3.05) is 40.1 Å². The van der Waals surface area contributed by atoms with Gasteiger partial charge in [0.25, 0.3) is 0 Å². The van der Waals surface area contributed by atoms with Crippen LogP contribution in [0, 0.1) is 0 Å². The highest BCUT2D eigenvalue weighted by Gasteiger charge is 2.12. The summed E-state index contributed by atoms with van der Waals surface area (Å²) in [7, 11) is 1.72. The standard InChI is InChI=1S/C14H21N3O3/c1-15-16-11-20-14(18)13-4-2-3-12(9-13)10-17-5-7-19-8-6-17/h2-4,9,15-16H,5-8,10-11H2,1H3. The van der Waals surface area contributed by atoms with Crippen LogP contribution in [0.1, 0.15) is 15.9 Å². The molecular formula is C14H21N3O3. The summed E-state index contributed by atoms with van der Waals surface area (Å²) in [5, 5.41) is 0. The molecule has 0 aliphatic carbocycles. The number of morpholine rings is 1. The number of nitrogens with zero attached hydrogens (tertiary/aromatic N) is 1. The third-order valence-corrected chi connectivity index (χ3v) is 3.12. The maximum Gasteiger partial charge on any atom is 0.339 e. The molecule has 1 aliphatic rings. The first kappa shape index (κ1) is 14.9. The van der Waals surface area contributed by atoms with Crippen LogP contribution in [-0.2, 0) is 16.0 Å². The summed E-state index contributed by atoms with van der Waals surface area (Å²) < 4.78 is 10.4. The van der Waals surface area contributed by atoms with Crippen LogP contribution >= 0.6 is 0 Å². The topological polar surface area (TPSA) is 62.8 Å². The largest absolute Gasteiger partial charge is 0.445 e. The Morgan fingerprint density at radius 1 is 1.40 bits per heavy atom. The normalized spacial score (nSPS) is 16.1. The number of ether oxygens (including phenoxy) is 2. The molecule has 0 aromatic heterocycles. The SMILES string of the molecule is CNNCOC(=O)c1cccc(CN2CCOCC2)c1. The molecular weight excluding hydrogens is 258 g/mol. The Hall–Kier alpha value is -1.47. The van der Waals surface area contributed by atoms with Gasteiger partial charge < -0.3 is 9.47 Å². The maximum atomic E-state index is 11.8. The summed E-state index contributed by atoms with van der Waals surface area (Å²) in [5.41, 5.74) is 7.10. The number of benzene rings is 1. The quantitative estimate of drug-likeness (QED) is 0.339. The Bertz CT molecular complexity index is 433. The minimum Gasteiger partial charge on any atom is -0.445 e. The summed E-state index contributed by atoms with van der Waals surface area (Å²) in [6.07, 6.45) is 0. The van der Waals surface area contributed by atoms with E-state index >= 15 is 0 Å². The molecule has 0 radical (unpaired) electrons. The number of rotatable bonds is 6. The van der Waals surface area contributed by atoms with Gasteiger partial charge in [-0.05, 0) is 24.7 Å². The van der Waals surface area contributed by atoms with Crippen molar-refractivity contribution < 1.29 is 14.3 Å². The van der Waals surface area contributed by atoms with Gasteiger partial charge in [-0.2, -0.15) is 0 Å². The molecule has 6 nitrogen and oxygen atoms in total. The molecule has 2 N–H and O–H groups in total. The summed E-state index contributed by atoms with van der Waals surface area (Å²) >= 11 is 0. The van der Waals surface area contributed by atoms with Crippen molar-refractivity contribution in [3.63, 3.8) is 0 Å². The Balaban J connectivity index is 1.91. The van der Waals surface area contributed by atoms with Crippen LogP contribution in [0.5, 0.6) is 0 Å². The smallest absolute Gasteiger partial charge is 0.339 e. The van der Waals surface area contributed by atoms with Gasteiger partial charge in [-0.15, -0.1) is 0 Å². The summed E-state index contributed by atoms with van der Waals surface area (Å²) in [6.45, 7) is 4.39. The zero-order chi connectivity index (χ0) is 14.2.